The summed E-state index contributed by atoms with van der Waals surface area (Å²) in [6.45, 7) is 2.68. The number of halogens is 2. The summed E-state index contributed by atoms with van der Waals surface area (Å²) in [5, 5.41) is 5.51. The Balaban J connectivity index is 2.68. The highest BCUT2D eigenvalue weighted by Gasteiger charge is 2.07. The van der Waals surface area contributed by atoms with Crippen LogP contribution in [0.25, 0.3) is 0 Å². The van der Waals surface area contributed by atoms with Crippen LogP contribution in [0.3, 0.4) is 0 Å². The molecule has 1 aromatic rings. The predicted octanol–water partition coefficient (Wildman–Crippen LogP) is 3.74. The first-order valence-corrected chi connectivity index (χ1v) is 6.22. The van der Waals surface area contributed by atoms with Crippen molar-refractivity contribution in [1.29, 1.82) is 0 Å². The van der Waals surface area contributed by atoms with E-state index in [0.717, 1.165) is 21.1 Å². The van der Waals surface area contributed by atoms with Gasteiger partial charge in [0.15, 0.2) is 0 Å². The maximum absolute atomic E-state index is 11.4. The second-order valence-electron chi connectivity index (χ2n) is 2.98. The van der Waals surface area contributed by atoms with Gasteiger partial charge in [0.1, 0.15) is 0 Å². The number of anilines is 1. The Kier molecular flexibility index (Phi) is 5.11. The fourth-order valence-electron chi connectivity index (χ4n) is 1.01. The molecule has 0 fully saturated rings. The van der Waals surface area contributed by atoms with Crippen molar-refractivity contribution in [2.24, 2.45) is 0 Å². The lowest BCUT2D eigenvalue weighted by Crippen LogP contribution is -2.29. The highest BCUT2D eigenvalue weighted by molar-refractivity contribution is 9.11. The third-order valence-corrected chi connectivity index (χ3v) is 3.06. The maximum atomic E-state index is 11.4. The molecular formula is C10H12Br2N2O. The molecule has 0 bridgehead atoms. The summed E-state index contributed by atoms with van der Waals surface area (Å²) in [5.41, 5.74) is 0.742. The van der Waals surface area contributed by atoms with E-state index in [-0.39, 0.29) is 6.03 Å². The lowest BCUT2D eigenvalue weighted by molar-refractivity contribution is 0.252. The van der Waals surface area contributed by atoms with Gasteiger partial charge in [-0.15, -0.1) is 0 Å². The number of rotatable bonds is 3. The number of para-hydroxylation sites is 1. The van der Waals surface area contributed by atoms with Crippen LogP contribution in [-0.2, 0) is 0 Å². The first kappa shape index (κ1) is 12.5. The van der Waals surface area contributed by atoms with Crippen LogP contribution in [0.5, 0.6) is 0 Å². The largest absolute Gasteiger partial charge is 0.338 e. The Morgan fingerprint density at radius 3 is 2.47 bits per heavy atom. The molecule has 0 aliphatic carbocycles. The third kappa shape index (κ3) is 3.83. The molecule has 3 nitrogen and oxygen atoms in total. The molecule has 0 atom stereocenters. The molecule has 1 rings (SSSR count). The van der Waals surface area contributed by atoms with Crippen LogP contribution < -0.4 is 10.6 Å². The molecule has 2 amide bonds. The van der Waals surface area contributed by atoms with Crippen molar-refractivity contribution in [3.63, 3.8) is 0 Å². The number of nitrogens with one attached hydrogen (secondary N) is 2. The quantitative estimate of drug-likeness (QED) is 0.867. The van der Waals surface area contributed by atoms with Gasteiger partial charge >= 0.3 is 6.03 Å². The van der Waals surface area contributed by atoms with Crippen LogP contribution in [0.15, 0.2) is 27.1 Å². The molecule has 0 saturated heterocycles. The molecule has 0 aliphatic rings. The van der Waals surface area contributed by atoms with Gasteiger partial charge in [0, 0.05) is 15.5 Å². The van der Waals surface area contributed by atoms with E-state index < -0.39 is 0 Å². The highest BCUT2D eigenvalue weighted by atomic mass is 79.9. The Morgan fingerprint density at radius 2 is 1.93 bits per heavy atom. The summed E-state index contributed by atoms with van der Waals surface area (Å²) < 4.78 is 1.70. The first-order valence-electron chi connectivity index (χ1n) is 4.64. The number of carbonyl (C=O) groups is 1. The number of amides is 2. The standard InChI is InChI=1S/C10H12Br2N2O/c1-2-6-13-10(15)14-9-7(11)4-3-5-8(9)12/h3-5H,2,6H2,1H3,(H2,13,14,15). The molecule has 0 aliphatic heterocycles. The minimum absolute atomic E-state index is 0.190. The minimum atomic E-state index is -0.190. The lowest BCUT2D eigenvalue weighted by atomic mass is 10.3. The molecule has 82 valence electrons. The van der Waals surface area contributed by atoms with E-state index in [1.54, 1.807) is 0 Å². The molecule has 0 saturated carbocycles. The summed E-state index contributed by atoms with van der Waals surface area (Å²) >= 11 is 6.74. The zero-order valence-corrected chi connectivity index (χ0v) is 11.5. The van der Waals surface area contributed by atoms with Gasteiger partial charge in [-0.1, -0.05) is 13.0 Å². The van der Waals surface area contributed by atoms with E-state index in [1.807, 2.05) is 25.1 Å². The van der Waals surface area contributed by atoms with Crippen LogP contribution in [0, 0.1) is 0 Å². The minimum Gasteiger partial charge on any atom is -0.338 e. The number of benzene rings is 1. The number of carbonyl (C=O) groups excluding carboxylic acids is 1. The Hall–Kier alpha value is -0.550. The van der Waals surface area contributed by atoms with Crippen LogP contribution in [-0.4, -0.2) is 12.6 Å². The van der Waals surface area contributed by atoms with Crippen molar-refractivity contribution in [2.45, 2.75) is 13.3 Å². The molecule has 0 heterocycles. The molecule has 0 spiro atoms. The Bertz CT molecular complexity index is 335. The van der Waals surface area contributed by atoms with Crippen LogP contribution in [0.2, 0.25) is 0 Å². The van der Waals surface area contributed by atoms with E-state index in [0.29, 0.717) is 6.54 Å². The number of hydrogen-bond acceptors (Lipinski definition) is 1. The number of urea groups is 1. The van der Waals surface area contributed by atoms with Crippen LogP contribution in [0.4, 0.5) is 10.5 Å². The van der Waals surface area contributed by atoms with Crippen molar-refractivity contribution in [2.75, 3.05) is 11.9 Å². The van der Waals surface area contributed by atoms with Gasteiger partial charge in [0.25, 0.3) is 0 Å². The van der Waals surface area contributed by atoms with E-state index in [1.165, 1.54) is 0 Å². The second-order valence-corrected chi connectivity index (χ2v) is 4.69. The first-order chi connectivity index (χ1) is 7.15. The molecule has 15 heavy (non-hydrogen) atoms. The summed E-state index contributed by atoms with van der Waals surface area (Å²) in [7, 11) is 0. The van der Waals surface area contributed by atoms with Gasteiger partial charge < -0.3 is 10.6 Å². The Labute approximate surface area is 106 Å². The van der Waals surface area contributed by atoms with Gasteiger partial charge in [0.05, 0.1) is 5.69 Å². The van der Waals surface area contributed by atoms with Gasteiger partial charge in [-0.2, -0.15) is 0 Å². The summed E-state index contributed by atoms with van der Waals surface area (Å²) in [5.74, 6) is 0. The van der Waals surface area contributed by atoms with E-state index >= 15 is 0 Å². The summed E-state index contributed by atoms with van der Waals surface area (Å²) in [6.07, 6.45) is 0.921. The van der Waals surface area contributed by atoms with Crippen LogP contribution in [0.1, 0.15) is 13.3 Å². The van der Waals surface area contributed by atoms with Gasteiger partial charge in [0.2, 0.25) is 0 Å². The second kappa shape index (κ2) is 6.12. The van der Waals surface area contributed by atoms with Crippen molar-refractivity contribution >= 4 is 43.6 Å². The molecule has 0 aromatic heterocycles. The molecule has 2 N–H and O–H groups in total. The fourth-order valence-corrected chi connectivity index (χ4v) is 2.21. The Morgan fingerprint density at radius 1 is 1.33 bits per heavy atom. The van der Waals surface area contributed by atoms with Crippen molar-refractivity contribution in [3.8, 4) is 0 Å². The molecule has 5 heteroatoms. The molecule has 0 unspecified atom stereocenters. The van der Waals surface area contributed by atoms with Gasteiger partial charge in [-0.3, -0.25) is 0 Å². The van der Waals surface area contributed by atoms with E-state index in [9.17, 15) is 4.79 Å². The van der Waals surface area contributed by atoms with E-state index in [4.69, 9.17) is 0 Å². The van der Waals surface area contributed by atoms with Crippen molar-refractivity contribution < 1.29 is 4.79 Å². The summed E-state index contributed by atoms with van der Waals surface area (Å²) in [6, 6.07) is 5.45. The predicted molar refractivity (Wildman–Crippen MR) is 69.2 cm³/mol. The van der Waals surface area contributed by atoms with Crippen molar-refractivity contribution in [3.05, 3.63) is 27.1 Å². The normalized spacial score (nSPS) is 9.80. The average Bonchev–Trinajstić information content (AvgIpc) is 2.21. The zero-order chi connectivity index (χ0) is 11.3. The molecule has 1 aromatic carbocycles. The maximum Gasteiger partial charge on any atom is 0.319 e. The number of hydrogen-bond donors (Lipinski definition) is 2. The topological polar surface area (TPSA) is 41.1 Å². The smallest absolute Gasteiger partial charge is 0.319 e. The van der Waals surface area contributed by atoms with E-state index in [2.05, 4.69) is 42.5 Å². The highest BCUT2D eigenvalue weighted by Crippen LogP contribution is 2.30. The third-order valence-electron chi connectivity index (χ3n) is 1.74. The zero-order valence-electron chi connectivity index (χ0n) is 8.31. The summed E-state index contributed by atoms with van der Waals surface area (Å²) in [4.78, 5) is 11.4. The average molecular weight is 336 g/mol. The molecule has 0 radical (unpaired) electrons. The van der Waals surface area contributed by atoms with Gasteiger partial charge in [-0.05, 0) is 50.4 Å². The van der Waals surface area contributed by atoms with Crippen LogP contribution >= 0.6 is 31.9 Å². The fraction of sp³-hybridized carbons (Fsp3) is 0.300. The van der Waals surface area contributed by atoms with Gasteiger partial charge in [-0.25, -0.2) is 4.79 Å². The van der Waals surface area contributed by atoms with Crippen molar-refractivity contribution in [1.82, 2.24) is 5.32 Å². The molecular weight excluding hydrogens is 324 g/mol. The SMILES string of the molecule is CCCNC(=O)Nc1c(Br)cccc1Br. The lowest BCUT2D eigenvalue weighted by Gasteiger charge is -2.10. The monoisotopic (exact) mass is 334 g/mol.